The molecule has 3 heteroatoms. The summed E-state index contributed by atoms with van der Waals surface area (Å²) < 4.78 is 1.84. The van der Waals surface area contributed by atoms with Crippen molar-refractivity contribution in [3.63, 3.8) is 0 Å². The summed E-state index contributed by atoms with van der Waals surface area (Å²) >= 11 is 0. The molecule has 0 unspecified atom stereocenters. The SMILES string of the molecule is CNc1cc(C)c2nn(C)cc2c1. The Kier molecular flexibility index (Phi) is 1.72. The van der Waals surface area contributed by atoms with Crippen LogP contribution in [0, 0.1) is 6.92 Å². The summed E-state index contributed by atoms with van der Waals surface area (Å²) in [7, 11) is 3.87. The monoisotopic (exact) mass is 175 g/mol. The lowest BCUT2D eigenvalue weighted by atomic mass is 10.1. The van der Waals surface area contributed by atoms with Crippen molar-refractivity contribution >= 4 is 16.6 Å². The molecule has 0 amide bonds. The van der Waals surface area contributed by atoms with E-state index in [1.807, 2.05) is 25.0 Å². The van der Waals surface area contributed by atoms with E-state index in [0.29, 0.717) is 0 Å². The largest absolute Gasteiger partial charge is 0.388 e. The normalized spacial score (nSPS) is 10.7. The van der Waals surface area contributed by atoms with E-state index in [9.17, 15) is 0 Å². The van der Waals surface area contributed by atoms with E-state index in [1.54, 1.807) is 0 Å². The van der Waals surface area contributed by atoms with Gasteiger partial charge in [-0.3, -0.25) is 4.68 Å². The predicted octanol–water partition coefficient (Wildman–Crippen LogP) is 1.92. The van der Waals surface area contributed by atoms with E-state index >= 15 is 0 Å². The van der Waals surface area contributed by atoms with Crippen molar-refractivity contribution in [1.29, 1.82) is 0 Å². The number of benzene rings is 1. The smallest absolute Gasteiger partial charge is 0.0953 e. The summed E-state index contributed by atoms with van der Waals surface area (Å²) in [5.41, 5.74) is 3.43. The second-order valence-electron chi connectivity index (χ2n) is 3.28. The number of nitrogens with one attached hydrogen (secondary N) is 1. The molecule has 0 bridgehead atoms. The van der Waals surface area contributed by atoms with E-state index in [4.69, 9.17) is 0 Å². The third-order valence-electron chi connectivity index (χ3n) is 2.20. The van der Waals surface area contributed by atoms with Gasteiger partial charge >= 0.3 is 0 Å². The third kappa shape index (κ3) is 1.26. The Morgan fingerprint density at radius 3 is 2.85 bits per heavy atom. The first-order valence-corrected chi connectivity index (χ1v) is 4.32. The summed E-state index contributed by atoms with van der Waals surface area (Å²) in [5.74, 6) is 0. The highest BCUT2D eigenvalue weighted by Crippen LogP contribution is 2.21. The van der Waals surface area contributed by atoms with Gasteiger partial charge in [0.2, 0.25) is 0 Å². The van der Waals surface area contributed by atoms with Crippen LogP contribution < -0.4 is 5.32 Å². The van der Waals surface area contributed by atoms with Gasteiger partial charge in [0.05, 0.1) is 5.52 Å². The van der Waals surface area contributed by atoms with Gasteiger partial charge in [-0.2, -0.15) is 5.10 Å². The second kappa shape index (κ2) is 2.76. The topological polar surface area (TPSA) is 29.9 Å². The summed E-state index contributed by atoms with van der Waals surface area (Å²) in [5, 5.41) is 8.70. The molecule has 0 spiro atoms. The molecule has 13 heavy (non-hydrogen) atoms. The Morgan fingerprint density at radius 2 is 2.15 bits per heavy atom. The number of anilines is 1. The Hall–Kier alpha value is -1.51. The lowest BCUT2D eigenvalue weighted by molar-refractivity contribution is 0.779. The van der Waals surface area contributed by atoms with Gasteiger partial charge in [0.1, 0.15) is 0 Å². The fourth-order valence-electron chi connectivity index (χ4n) is 1.57. The van der Waals surface area contributed by atoms with Crippen LogP contribution in [0.2, 0.25) is 0 Å². The third-order valence-corrected chi connectivity index (χ3v) is 2.20. The molecule has 68 valence electrons. The molecule has 0 radical (unpaired) electrons. The number of nitrogens with zero attached hydrogens (tertiary/aromatic N) is 2. The molecule has 0 saturated carbocycles. The standard InChI is InChI=1S/C10H13N3/c1-7-4-9(11-2)5-8-6-13(3)12-10(7)8/h4-6,11H,1-3H3. The van der Waals surface area contributed by atoms with Crippen LogP contribution in [0.4, 0.5) is 5.69 Å². The fraction of sp³-hybridized carbons (Fsp3) is 0.300. The molecule has 3 nitrogen and oxygen atoms in total. The number of hydrogen-bond donors (Lipinski definition) is 1. The number of fused-ring (bicyclic) bond motifs is 1. The molecular weight excluding hydrogens is 162 g/mol. The maximum Gasteiger partial charge on any atom is 0.0953 e. The summed E-state index contributed by atoms with van der Waals surface area (Å²) in [6.45, 7) is 2.08. The van der Waals surface area contributed by atoms with Gasteiger partial charge < -0.3 is 5.32 Å². The first-order valence-electron chi connectivity index (χ1n) is 4.32. The Morgan fingerprint density at radius 1 is 1.38 bits per heavy atom. The van der Waals surface area contributed by atoms with Crippen molar-refractivity contribution in [3.05, 3.63) is 23.9 Å². The first kappa shape index (κ1) is 8.10. The van der Waals surface area contributed by atoms with E-state index < -0.39 is 0 Å². The van der Waals surface area contributed by atoms with Crippen LogP contribution in [0.25, 0.3) is 10.9 Å². The highest BCUT2D eigenvalue weighted by Gasteiger charge is 2.02. The van der Waals surface area contributed by atoms with Gasteiger partial charge in [-0.05, 0) is 24.6 Å². The van der Waals surface area contributed by atoms with E-state index in [0.717, 1.165) is 11.2 Å². The molecule has 2 aromatic rings. The van der Waals surface area contributed by atoms with E-state index in [1.165, 1.54) is 10.9 Å². The average Bonchev–Trinajstić information content (AvgIpc) is 2.46. The van der Waals surface area contributed by atoms with Crippen LogP contribution in [0.15, 0.2) is 18.3 Å². The zero-order valence-corrected chi connectivity index (χ0v) is 8.13. The molecule has 1 aromatic carbocycles. The lowest BCUT2D eigenvalue weighted by Gasteiger charge is -2.01. The maximum absolute atomic E-state index is 4.38. The van der Waals surface area contributed by atoms with Crippen molar-refractivity contribution in [2.75, 3.05) is 12.4 Å². The van der Waals surface area contributed by atoms with Crippen LogP contribution in [0.3, 0.4) is 0 Å². The van der Waals surface area contributed by atoms with Crippen LogP contribution in [-0.4, -0.2) is 16.8 Å². The molecule has 0 fully saturated rings. The van der Waals surface area contributed by atoms with Gasteiger partial charge in [-0.1, -0.05) is 0 Å². The molecule has 1 aromatic heterocycles. The molecule has 1 N–H and O–H groups in total. The minimum Gasteiger partial charge on any atom is -0.388 e. The number of aryl methyl sites for hydroxylation is 2. The van der Waals surface area contributed by atoms with Gasteiger partial charge in [-0.25, -0.2) is 0 Å². The minimum atomic E-state index is 1.08. The van der Waals surface area contributed by atoms with Crippen LogP contribution in [-0.2, 0) is 7.05 Å². The molecule has 2 rings (SSSR count). The summed E-state index contributed by atoms with van der Waals surface area (Å²) in [4.78, 5) is 0. The van der Waals surface area contributed by atoms with Crippen LogP contribution >= 0.6 is 0 Å². The molecular formula is C10H13N3. The fourth-order valence-corrected chi connectivity index (χ4v) is 1.57. The average molecular weight is 175 g/mol. The van der Waals surface area contributed by atoms with Crippen molar-refractivity contribution in [3.8, 4) is 0 Å². The summed E-state index contributed by atoms with van der Waals surface area (Å²) in [6, 6.07) is 4.21. The highest BCUT2D eigenvalue weighted by molar-refractivity contribution is 5.85. The summed E-state index contributed by atoms with van der Waals surface area (Å²) in [6.07, 6.45) is 2.03. The number of rotatable bonds is 1. The maximum atomic E-state index is 4.38. The molecule has 0 aliphatic carbocycles. The quantitative estimate of drug-likeness (QED) is 0.717. The van der Waals surface area contributed by atoms with Gasteiger partial charge in [0.15, 0.2) is 0 Å². The van der Waals surface area contributed by atoms with Crippen molar-refractivity contribution in [2.24, 2.45) is 7.05 Å². The zero-order chi connectivity index (χ0) is 9.42. The van der Waals surface area contributed by atoms with Crippen LogP contribution in [0.1, 0.15) is 5.56 Å². The molecule has 0 aliphatic rings. The van der Waals surface area contributed by atoms with Crippen LogP contribution in [0.5, 0.6) is 0 Å². The van der Waals surface area contributed by atoms with Gasteiger partial charge in [0.25, 0.3) is 0 Å². The minimum absolute atomic E-state index is 1.08. The molecule has 0 aliphatic heterocycles. The van der Waals surface area contributed by atoms with Gasteiger partial charge in [0, 0.05) is 31.4 Å². The molecule has 0 saturated heterocycles. The highest BCUT2D eigenvalue weighted by atomic mass is 15.2. The Balaban J connectivity index is 2.75. The molecule has 0 atom stereocenters. The number of hydrogen-bond acceptors (Lipinski definition) is 2. The lowest BCUT2D eigenvalue weighted by Crippen LogP contribution is -1.89. The Bertz CT molecular complexity index is 443. The molecule has 1 heterocycles. The number of aromatic nitrogens is 2. The first-order chi connectivity index (χ1) is 6.20. The predicted molar refractivity (Wildman–Crippen MR) is 55.0 cm³/mol. The van der Waals surface area contributed by atoms with E-state index in [-0.39, 0.29) is 0 Å². The Labute approximate surface area is 77.4 Å². The zero-order valence-electron chi connectivity index (χ0n) is 8.13. The van der Waals surface area contributed by atoms with E-state index in [2.05, 4.69) is 29.5 Å². The van der Waals surface area contributed by atoms with Crippen molar-refractivity contribution in [1.82, 2.24) is 9.78 Å². The van der Waals surface area contributed by atoms with Gasteiger partial charge in [-0.15, -0.1) is 0 Å². The van der Waals surface area contributed by atoms with Crippen molar-refractivity contribution in [2.45, 2.75) is 6.92 Å². The van der Waals surface area contributed by atoms with Crippen molar-refractivity contribution < 1.29 is 0 Å². The second-order valence-corrected chi connectivity index (χ2v) is 3.28.